The zero-order chi connectivity index (χ0) is 14.4. The Labute approximate surface area is 117 Å². The topological polar surface area (TPSA) is 86.6 Å². The minimum Gasteiger partial charge on any atom is -0.467 e. The van der Waals surface area contributed by atoms with Gasteiger partial charge < -0.3 is 15.1 Å². The molecule has 0 bridgehead atoms. The van der Waals surface area contributed by atoms with Gasteiger partial charge in [0, 0.05) is 25.7 Å². The van der Waals surface area contributed by atoms with Gasteiger partial charge in [0.1, 0.15) is 5.76 Å². The SMILES string of the molecule is C[C@@H]1CN(CC(=O)NC(=O)NCc2ccco2)CCN1. The molecule has 2 heterocycles. The molecule has 1 aliphatic rings. The van der Waals surface area contributed by atoms with E-state index in [-0.39, 0.29) is 19.0 Å². The largest absolute Gasteiger partial charge is 0.467 e. The van der Waals surface area contributed by atoms with E-state index in [0.717, 1.165) is 19.6 Å². The van der Waals surface area contributed by atoms with Crippen LogP contribution in [-0.2, 0) is 11.3 Å². The molecule has 1 aliphatic heterocycles. The number of nitrogens with one attached hydrogen (secondary N) is 3. The number of hydrogen-bond acceptors (Lipinski definition) is 5. The highest BCUT2D eigenvalue weighted by atomic mass is 16.3. The third-order valence-corrected chi connectivity index (χ3v) is 3.08. The summed E-state index contributed by atoms with van der Waals surface area (Å²) < 4.78 is 5.08. The van der Waals surface area contributed by atoms with Crippen LogP contribution in [0, 0.1) is 0 Å². The summed E-state index contributed by atoms with van der Waals surface area (Å²) in [5.41, 5.74) is 0. The Morgan fingerprint density at radius 2 is 2.40 bits per heavy atom. The molecule has 0 unspecified atom stereocenters. The van der Waals surface area contributed by atoms with E-state index in [4.69, 9.17) is 4.42 Å². The van der Waals surface area contributed by atoms with Gasteiger partial charge >= 0.3 is 6.03 Å². The van der Waals surface area contributed by atoms with Crippen molar-refractivity contribution >= 4 is 11.9 Å². The maximum atomic E-state index is 11.7. The molecule has 3 N–H and O–H groups in total. The first kappa shape index (κ1) is 14.5. The predicted octanol–water partition coefficient (Wildman–Crippen LogP) is -0.101. The third kappa shape index (κ3) is 4.67. The minimum atomic E-state index is -0.505. The van der Waals surface area contributed by atoms with E-state index in [1.54, 1.807) is 12.1 Å². The number of hydrogen-bond donors (Lipinski definition) is 3. The molecule has 0 aromatic carbocycles. The van der Waals surface area contributed by atoms with Crippen LogP contribution in [0.25, 0.3) is 0 Å². The lowest BCUT2D eigenvalue weighted by atomic mass is 10.2. The summed E-state index contributed by atoms with van der Waals surface area (Å²) in [6.45, 7) is 5.05. The molecule has 7 heteroatoms. The highest BCUT2D eigenvalue weighted by molar-refractivity contribution is 5.95. The number of amides is 3. The maximum absolute atomic E-state index is 11.7. The quantitative estimate of drug-likeness (QED) is 0.717. The second-order valence-electron chi connectivity index (χ2n) is 4.90. The smallest absolute Gasteiger partial charge is 0.321 e. The Morgan fingerprint density at radius 3 is 3.10 bits per heavy atom. The van der Waals surface area contributed by atoms with Gasteiger partial charge in [0.15, 0.2) is 0 Å². The monoisotopic (exact) mass is 280 g/mol. The van der Waals surface area contributed by atoms with Crippen LogP contribution in [0.5, 0.6) is 0 Å². The van der Waals surface area contributed by atoms with Crippen molar-refractivity contribution in [3.8, 4) is 0 Å². The lowest BCUT2D eigenvalue weighted by Gasteiger charge is -2.31. The van der Waals surface area contributed by atoms with Crippen molar-refractivity contribution in [2.75, 3.05) is 26.2 Å². The summed E-state index contributed by atoms with van der Waals surface area (Å²) in [5.74, 6) is 0.347. The van der Waals surface area contributed by atoms with Crippen LogP contribution >= 0.6 is 0 Å². The van der Waals surface area contributed by atoms with Crippen LogP contribution < -0.4 is 16.0 Å². The van der Waals surface area contributed by atoms with Gasteiger partial charge in [-0.05, 0) is 19.1 Å². The molecule has 0 saturated carbocycles. The fourth-order valence-corrected chi connectivity index (χ4v) is 2.15. The van der Waals surface area contributed by atoms with Gasteiger partial charge in [-0.2, -0.15) is 0 Å². The molecule has 0 aliphatic carbocycles. The van der Waals surface area contributed by atoms with E-state index in [1.165, 1.54) is 6.26 Å². The number of carbonyl (C=O) groups excluding carboxylic acids is 2. The first-order chi connectivity index (χ1) is 9.63. The second kappa shape index (κ2) is 7.06. The van der Waals surface area contributed by atoms with Crippen LogP contribution in [0.15, 0.2) is 22.8 Å². The van der Waals surface area contributed by atoms with E-state index >= 15 is 0 Å². The molecule has 110 valence electrons. The molecule has 0 radical (unpaired) electrons. The number of furan rings is 1. The zero-order valence-electron chi connectivity index (χ0n) is 11.5. The predicted molar refractivity (Wildman–Crippen MR) is 73.0 cm³/mol. The summed E-state index contributed by atoms with van der Waals surface area (Å²) in [5, 5.41) is 8.18. The number of rotatable bonds is 4. The van der Waals surface area contributed by atoms with Crippen molar-refractivity contribution in [1.29, 1.82) is 0 Å². The van der Waals surface area contributed by atoms with Crippen molar-refractivity contribution in [2.24, 2.45) is 0 Å². The van der Waals surface area contributed by atoms with Gasteiger partial charge in [0.05, 0.1) is 19.4 Å². The molecule has 1 aromatic heterocycles. The Morgan fingerprint density at radius 1 is 1.55 bits per heavy atom. The van der Waals surface area contributed by atoms with Crippen molar-refractivity contribution < 1.29 is 14.0 Å². The van der Waals surface area contributed by atoms with Gasteiger partial charge in [-0.3, -0.25) is 15.0 Å². The van der Waals surface area contributed by atoms with E-state index in [1.807, 2.05) is 4.90 Å². The molecule has 20 heavy (non-hydrogen) atoms. The van der Waals surface area contributed by atoms with E-state index in [2.05, 4.69) is 22.9 Å². The number of carbonyl (C=O) groups is 2. The minimum absolute atomic E-state index is 0.236. The van der Waals surface area contributed by atoms with Crippen molar-refractivity contribution in [2.45, 2.75) is 19.5 Å². The summed E-state index contributed by atoms with van der Waals surface area (Å²) in [4.78, 5) is 25.3. The Bertz CT molecular complexity index is 446. The summed E-state index contributed by atoms with van der Waals surface area (Å²) >= 11 is 0. The van der Waals surface area contributed by atoms with E-state index < -0.39 is 6.03 Å². The molecular weight excluding hydrogens is 260 g/mol. The number of nitrogens with zero attached hydrogens (tertiary/aromatic N) is 1. The van der Waals surface area contributed by atoms with Crippen LogP contribution in [0.4, 0.5) is 4.79 Å². The Hall–Kier alpha value is -1.86. The maximum Gasteiger partial charge on any atom is 0.321 e. The summed E-state index contributed by atoms with van der Waals surface area (Å²) in [6, 6.07) is 3.36. The molecule has 2 rings (SSSR count). The van der Waals surface area contributed by atoms with Gasteiger partial charge in [0.25, 0.3) is 0 Å². The van der Waals surface area contributed by atoms with Crippen LogP contribution in [0.1, 0.15) is 12.7 Å². The molecule has 1 aromatic rings. The van der Waals surface area contributed by atoms with Gasteiger partial charge in [-0.25, -0.2) is 4.79 Å². The second-order valence-corrected chi connectivity index (χ2v) is 4.90. The highest BCUT2D eigenvalue weighted by Gasteiger charge is 2.18. The number of piperazine rings is 1. The zero-order valence-corrected chi connectivity index (χ0v) is 11.5. The third-order valence-electron chi connectivity index (χ3n) is 3.08. The summed E-state index contributed by atoms with van der Waals surface area (Å²) in [7, 11) is 0. The summed E-state index contributed by atoms with van der Waals surface area (Å²) in [6.07, 6.45) is 1.53. The van der Waals surface area contributed by atoms with Crippen molar-refractivity contribution in [3.05, 3.63) is 24.2 Å². The molecular formula is C13H20N4O3. The fraction of sp³-hybridized carbons (Fsp3) is 0.538. The Balaban J connectivity index is 1.67. The number of urea groups is 1. The first-order valence-corrected chi connectivity index (χ1v) is 6.69. The van der Waals surface area contributed by atoms with Gasteiger partial charge in [-0.1, -0.05) is 0 Å². The normalized spacial score (nSPS) is 19.6. The average molecular weight is 280 g/mol. The highest BCUT2D eigenvalue weighted by Crippen LogP contribution is 1.99. The van der Waals surface area contributed by atoms with Crippen LogP contribution in [0.3, 0.4) is 0 Å². The van der Waals surface area contributed by atoms with E-state index in [9.17, 15) is 9.59 Å². The number of imide groups is 1. The molecule has 0 spiro atoms. The lowest BCUT2D eigenvalue weighted by molar-refractivity contribution is -0.121. The molecule has 1 saturated heterocycles. The first-order valence-electron chi connectivity index (χ1n) is 6.69. The molecule has 1 atom stereocenters. The lowest BCUT2D eigenvalue weighted by Crippen LogP contribution is -2.52. The fourth-order valence-electron chi connectivity index (χ4n) is 2.15. The van der Waals surface area contributed by atoms with Crippen LogP contribution in [-0.4, -0.2) is 49.1 Å². The van der Waals surface area contributed by atoms with Crippen molar-refractivity contribution in [3.63, 3.8) is 0 Å². The molecule has 1 fully saturated rings. The molecule has 3 amide bonds. The van der Waals surface area contributed by atoms with Gasteiger partial charge in [-0.15, -0.1) is 0 Å². The average Bonchev–Trinajstić information content (AvgIpc) is 2.89. The molecule has 7 nitrogen and oxygen atoms in total. The van der Waals surface area contributed by atoms with E-state index in [0.29, 0.717) is 11.8 Å². The van der Waals surface area contributed by atoms with Gasteiger partial charge in [0.2, 0.25) is 5.91 Å². The Kier molecular flexibility index (Phi) is 5.14. The standard InChI is InChI=1S/C13H20N4O3/c1-10-8-17(5-4-14-10)9-12(18)16-13(19)15-7-11-3-2-6-20-11/h2-3,6,10,14H,4-5,7-9H2,1H3,(H2,15,16,18,19)/t10-/m1/s1. The van der Waals surface area contributed by atoms with Crippen molar-refractivity contribution in [1.82, 2.24) is 20.9 Å². The van der Waals surface area contributed by atoms with Crippen LogP contribution in [0.2, 0.25) is 0 Å².